The van der Waals surface area contributed by atoms with Crippen LogP contribution in [-0.4, -0.2) is 28.1 Å². The number of carbonyl (C=O) groups is 1. The largest absolute Gasteiger partial charge is 0.392 e. The number of hydrogen-bond acceptors (Lipinski definition) is 5. The minimum absolute atomic E-state index is 0.0130. The Morgan fingerprint density at radius 1 is 1.27 bits per heavy atom. The van der Waals surface area contributed by atoms with Gasteiger partial charge in [-0.05, 0) is 61.5 Å². The van der Waals surface area contributed by atoms with E-state index in [1.165, 1.54) is 4.88 Å². The molecule has 2 fully saturated rings. The summed E-state index contributed by atoms with van der Waals surface area (Å²) in [5.74, 6) is 0.0476. The molecule has 5 rings (SSSR count). The summed E-state index contributed by atoms with van der Waals surface area (Å²) in [5.41, 5.74) is 1.70. The molecule has 8 heteroatoms. The topological polar surface area (TPSA) is 74.2 Å². The smallest absolute Gasteiger partial charge is 0.223 e. The normalized spacial score (nSPS) is 31.9. The fourth-order valence-electron chi connectivity index (χ4n) is 6.08. The van der Waals surface area contributed by atoms with Gasteiger partial charge in [0.1, 0.15) is 0 Å². The van der Waals surface area contributed by atoms with Gasteiger partial charge >= 0.3 is 0 Å². The molecule has 178 valence electrons. The van der Waals surface area contributed by atoms with Gasteiger partial charge in [-0.2, -0.15) is 0 Å². The number of amides is 1. The molecule has 5 nitrogen and oxygen atoms in total. The molecule has 0 spiro atoms. The zero-order valence-corrected chi connectivity index (χ0v) is 21.5. The highest BCUT2D eigenvalue weighted by Crippen LogP contribution is 2.57. The number of benzene rings is 1. The maximum atomic E-state index is 12.7. The van der Waals surface area contributed by atoms with Crippen molar-refractivity contribution >= 4 is 51.3 Å². The van der Waals surface area contributed by atoms with Crippen LogP contribution in [0.25, 0.3) is 0 Å². The molecule has 0 bridgehead atoms. The van der Waals surface area contributed by atoms with Crippen molar-refractivity contribution < 1.29 is 9.90 Å². The number of rotatable bonds is 5. The molecule has 1 aromatic carbocycles. The molecule has 0 unspecified atom stereocenters. The van der Waals surface area contributed by atoms with Gasteiger partial charge in [-0.3, -0.25) is 4.79 Å². The lowest BCUT2D eigenvalue weighted by atomic mass is 9.53. The van der Waals surface area contributed by atoms with Gasteiger partial charge in [-0.1, -0.05) is 50.0 Å². The second-order valence-corrected chi connectivity index (χ2v) is 12.4. The van der Waals surface area contributed by atoms with Crippen molar-refractivity contribution in [3.8, 4) is 0 Å². The molecular weight excluding hydrogens is 477 g/mol. The minimum atomic E-state index is -0.525. The van der Waals surface area contributed by atoms with Crippen LogP contribution in [0.15, 0.2) is 18.2 Å². The number of halogens is 2. The molecule has 6 atom stereocenters. The van der Waals surface area contributed by atoms with Crippen LogP contribution < -0.4 is 10.6 Å². The molecular formula is C25H31Cl2N3O2S. The van der Waals surface area contributed by atoms with Crippen LogP contribution in [0.1, 0.15) is 62.9 Å². The molecule has 3 aliphatic rings. The van der Waals surface area contributed by atoms with E-state index in [0.29, 0.717) is 21.8 Å². The van der Waals surface area contributed by atoms with Crippen LogP contribution >= 0.6 is 34.5 Å². The number of anilines is 2. The molecule has 1 amide bonds. The van der Waals surface area contributed by atoms with E-state index < -0.39 is 6.10 Å². The van der Waals surface area contributed by atoms with Crippen LogP contribution in [-0.2, 0) is 11.2 Å². The first kappa shape index (κ1) is 23.4. The first-order valence-electron chi connectivity index (χ1n) is 11.9. The summed E-state index contributed by atoms with van der Waals surface area (Å²) in [6.45, 7) is 6.45. The number of nitrogens with zero attached hydrogens (tertiary/aromatic N) is 1. The molecule has 3 N–H and O–H groups in total. The number of aliphatic hydroxyl groups is 1. The second kappa shape index (κ2) is 8.71. The average molecular weight is 509 g/mol. The Morgan fingerprint density at radius 2 is 1.97 bits per heavy atom. The molecule has 0 saturated heterocycles. The SMILES string of the molecule is C[C@H](C(=O)NC1CC1)[C@H]1CC[C@@]2(C)Cc3sc(Nc4c(Cl)cccc4Cl)nc3[C@@H](C)[C@@H]2[C@H]1O. The van der Waals surface area contributed by atoms with Gasteiger partial charge < -0.3 is 15.7 Å². The van der Waals surface area contributed by atoms with Crippen LogP contribution in [0.5, 0.6) is 0 Å². The van der Waals surface area contributed by atoms with E-state index >= 15 is 0 Å². The zero-order valence-electron chi connectivity index (χ0n) is 19.2. The van der Waals surface area contributed by atoms with Crippen molar-refractivity contribution in [2.45, 2.75) is 70.9 Å². The number of aliphatic hydroxyl groups excluding tert-OH is 1. The number of carbonyl (C=O) groups excluding carboxylic acids is 1. The highest BCUT2D eigenvalue weighted by Gasteiger charge is 2.54. The number of hydrogen-bond donors (Lipinski definition) is 3. The van der Waals surface area contributed by atoms with Crippen LogP contribution in [0.3, 0.4) is 0 Å². The molecule has 1 heterocycles. The number of nitrogens with one attached hydrogen (secondary N) is 2. The van der Waals surface area contributed by atoms with Crippen molar-refractivity contribution in [1.82, 2.24) is 10.3 Å². The van der Waals surface area contributed by atoms with Gasteiger partial charge in [-0.25, -0.2) is 4.98 Å². The van der Waals surface area contributed by atoms with E-state index in [0.717, 1.165) is 42.9 Å². The summed E-state index contributed by atoms with van der Waals surface area (Å²) in [6.07, 6.45) is 4.38. The van der Waals surface area contributed by atoms with Gasteiger partial charge in [0.15, 0.2) is 5.13 Å². The van der Waals surface area contributed by atoms with Gasteiger partial charge in [0, 0.05) is 22.8 Å². The van der Waals surface area contributed by atoms with Gasteiger partial charge in [-0.15, -0.1) is 11.3 Å². The van der Waals surface area contributed by atoms with Gasteiger partial charge in [0.05, 0.1) is 27.5 Å². The molecule has 2 aromatic rings. The molecule has 33 heavy (non-hydrogen) atoms. The van der Waals surface area contributed by atoms with Gasteiger partial charge in [0.2, 0.25) is 5.91 Å². The summed E-state index contributed by atoms with van der Waals surface area (Å²) in [6, 6.07) is 5.77. The Balaban J connectivity index is 1.39. The average Bonchev–Trinajstić information content (AvgIpc) is 3.47. The van der Waals surface area contributed by atoms with E-state index in [9.17, 15) is 9.90 Å². The number of thiazole rings is 1. The predicted molar refractivity (Wildman–Crippen MR) is 135 cm³/mol. The van der Waals surface area contributed by atoms with E-state index in [2.05, 4.69) is 24.5 Å². The first-order chi connectivity index (χ1) is 15.7. The van der Waals surface area contributed by atoms with Crippen molar-refractivity contribution in [2.75, 3.05) is 5.32 Å². The van der Waals surface area contributed by atoms with E-state index in [4.69, 9.17) is 28.2 Å². The van der Waals surface area contributed by atoms with Crippen LogP contribution in [0, 0.1) is 23.2 Å². The standard InChI is InChI=1S/C25H31Cl2N3O2S/c1-12(23(32)28-14-7-8-14)15-9-10-25(3)11-18-20(13(2)19(25)22(15)31)29-24(33-18)30-21-16(26)5-4-6-17(21)27/h4-6,12-15,19,22,31H,7-11H2,1-3H3,(H,28,32)(H,29,30)/t12-,13-,15+,19+,22-,25-/m0/s1. The zero-order chi connectivity index (χ0) is 23.5. The molecule has 0 radical (unpaired) electrons. The maximum absolute atomic E-state index is 12.7. The van der Waals surface area contributed by atoms with E-state index in [1.54, 1.807) is 23.5 Å². The van der Waals surface area contributed by atoms with E-state index in [-0.39, 0.29) is 35.0 Å². The minimum Gasteiger partial charge on any atom is -0.392 e. The van der Waals surface area contributed by atoms with Gasteiger partial charge in [0.25, 0.3) is 0 Å². The molecule has 1 aromatic heterocycles. The van der Waals surface area contributed by atoms with Crippen LogP contribution in [0.2, 0.25) is 10.0 Å². The fourth-order valence-corrected chi connectivity index (χ4v) is 7.84. The Bertz CT molecular complexity index is 1050. The van der Waals surface area contributed by atoms with E-state index in [1.807, 2.05) is 13.0 Å². The van der Waals surface area contributed by atoms with Crippen molar-refractivity contribution in [3.05, 3.63) is 38.8 Å². The lowest BCUT2D eigenvalue weighted by molar-refractivity contribution is -0.134. The van der Waals surface area contributed by atoms with Crippen molar-refractivity contribution in [2.24, 2.45) is 23.2 Å². The highest BCUT2D eigenvalue weighted by molar-refractivity contribution is 7.15. The Kier molecular flexibility index (Phi) is 6.17. The van der Waals surface area contributed by atoms with Crippen LogP contribution in [0.4, 0.5) is 10.8 Å². The Hall–Kier alpha value is -1.34. The first-order valence-corrected chi connectivity index (χ1v) is 13.4. The number of aromatic nitrogens is 1. The summed E-state index contributed by atoms with van der Waals surface area (Å²) >= 11 is 14.3. The highest BCUT2D eigenvalue weighted by atomic mass is 35.5. The number of para-hydroxylation sites is 1. The van der Waals surface area contributed by atoms with Crippen molar-refractivity contribution in [1.29, 1.82) is 0 Å². The summed E-state index contributed by atoms with van der Waals surface area (Å²) in [7, 11) is 0. The molecule has 2 saturated carbocycles. The monoisotopic (exact) mass is 507 g/mol. The third-order valence-corrected chi connectivity index (χ3v) is 9.71. The number of fused-ring (bicyclic) bond motifs is 2. The van der Waals surface area contributed by atoms with Crippen molar-refractivity contribution in [3.63, 3.8) is 0 Å². The summed E-state index contributed by atoms with van der Waals surface area (Å²) in [4.78, 5) is 18.9. The maximum Gasteiger partial charge on any atom is 0.223 e. The molecule has 0 aliphatic heterocycles. The Labute approximate surface area is 209 Å². The third kappa shape index (κ3) is 4.29. The lowest BCUT2D eigenvalue weighted by Crippen LogP contribution is -2.53. The predicted octanol–water partition coefficient (Wildman–Crippen LogP) is 6.16. The Morgan fingerprint density at radius 3 is 2.64 bits per heavy atom. The third-order valence-electron chi connectivity index (χ3n) is 8.10. The lowest BCUT2D eigenvalue weighted by Gasteiger charge is -2.53. The fraction of sp³-hybridized carbons (Fsp3) is 0.600. The molecule has 3 aliphatic carbocycles. The summed E-state index contributed by atoms with van der Waals surface area (Å²) in [5, 5.41) is 19.9. The quantitative estimate of drug-likeness (QED) is 0.452. The second-order valence-electron chi connectivity index (χ2n) is 10.5. The summed E-state index contributed by atoms with van der Waals surface area (Å²) < 4.78 is 0.